The number of alkyl carbamates (subject to hydrolysis) is 2. The van der Waals surface area contributed by atoms with E-state index in [9.17, 15) is 44.6 Å². The molecule has 716 valence electrons. The topological polar surface area (TPSA) is 224 Å². The number of amides is 2. The van der Waals surface area contributed by atoms with E-state index in [1.807, 2.05) is 90.1 Å². The summed E-state index contributed by atoms with van der Waals surface area (Å²) in [5, 5.41) is 74.1. The molecule has 0 unspecified atom stereocenters. The molecule has 0 spiro atoms. The highest BCUT2D eigenvalue weighted by molar-refractivity contribution is 9.11. The van der Waals surface area contributed by atoms with Gasteiger partial charge in [0.15, 0.2) is 0 Å². The monoisotopic (exact) mass is 2140 g/mol. The van der Waals surface area contributed by atoms with Crippen LogP contribution in [0.15, 0.2) is 86.2 Å². The summed E-state index contributed by atoms with van der Waals surface area (Å²) in [6, 6.07) is 23.2. The van der Waals surface area contributed by atoms with E-state index >= 15 is 0 Å². The molecule has 130 heavy (non-hydrogen) atoms. The van der Waals surface area contributed by atoms with Gasteiger partial charge in [-0.3, -0.25) is 29.4 Å². The highest BCUT2D eigenvalue weighted by Crippen LogP contribution is 2.50. The summed E-state index contributed by atoms with van der Waals surface area (Å²) in [4.78, 5) is 42.7. The molecule has 6 saturated heterocycles. The molecule has 6 aliphatic heterocycles. The van der Waals surface area contributed by atoms with Crippen LogP contribution < -0.4 is 10.6 Å². The van der Waals surface area contributed by atoms with E-state index in [4.69, 9.17) is 102 Å². The number of hydrogen-bond donors (Lipinski definition) is 8. The number of carbonyl (C=O) groups excluding carboxylic acids is 2. The van der Waals surface area contributed by atoms with Crippen molar-refractivity contribution >= 4 is 153 Å². The van der Waals surface area contributed by atoms with Gasteiger partial charge in [-0.15, -0.1) is 0 Å². The first kappa shape index (κ1) is 104. The van der Waals surface area contributed by atoms with Gasteiger partial charge < -0.3 is 60.5 Å². The number of aliphatic hydroxyl groups excluding tert-OH is 6. The molecule has 32 heteroatoms. The number of piperidine rings is 6. The van der Waals surface area contributed by atoms with E-state index in [0.29, 0.717) is 86.6 Å². The Hall–Kier alpha value is -3.01. The van der Waals surface area contributed by atoms with Crippen LogP contribution in [0.2, 0.25) is 40.2 Å². The van der Waals surface area contributed by atoms with Gasteiger partial charge in [0, 0.05) is 142 Å². The number of aliphatic hydroxyl groups is 6. The van der Waals surface area contributed by atoms with Gasteiger partial charge in [-0.1, -0.05) is 153 Å². The molecule has 0 saturated carbocycles. The Bertz CT molecular complexity index is 4620. The fourth-order valence-corrected chi connectivity index (χ4v) is 26.2. The Balaban J connectivity index is 0.000000134. The van der Waals surface area contributed by atoms with E-state index in [-0.39, 0.29) is 85.0 Å². The van der Waals surface area contributed by atoms with E-state index in [2.05, 4.69) is 126 Å². The second-order valence-corrected chi connectivity index (χ2v) is 45.7. The first-order valence-corrected chi connectivity index (χ1v) is 51.7. The van der Waals surface area contributed by atoms with Gasteiger partial charge in [0.1, 0.15) is 17.0 Å². The van der Waals surface area contributed by atoms with Crippen LogP contribution in [0.1, 0.15) is 234 Å². The number of hydrogen-bond acceptors (Lipinski definition) is 18. The van der Waals surface area contributed by atoms with Crippen LogP contribution in [0.3, 0.4) is 0 Å². The van der Waals surface area contributed by atoms with Gasteiger partial charge in [-0.05, 0) is 339 Å². The predicted molar refractivity (Wildman–Crippen MR) is 532 cm³/mol. The number of benzene rings is 6. The normalized spacial score (nSPS) is 28.1. The van der Waals surface area contributed by atoms with Gasteiger partial charge >= 0.3 is 12.2 Å². The number of nitrogens with one attached hydrogen (secondary N) is 2. The minimum absolute atomic E-state index is 0.0116. The van der Waals surface area contributed by atoms with Crippen molar-refractivity contribution < 1.29 is 54.1 Å². The second kappa shape index (κ2) is 45.9. The van der Waals surface area contributed by atoms with Crippen molar-refractivity contribution in [2.75, 3.05) is 107 Å². The molecule has 0 aromatic heterocycles. The van der Waals surface area contributed by atoms with Crippen molar-refractivity contribution in [3.05, 3.63) is 199 Å². The van der Waals surface area contributed by atoms with Crippen molar-refractivity contribution in [2.24, 2.45) is 0 Å². The SMILES string of the molecule is CC(C)(C)OC(=O)N[C@@H]1CCCN([C@@H]2c3cc(Cl)cc(Br)c3C[C@H]2O)C1.CC(C)(C)OC(=O)N[C@@H]1CCCN([C@@H]2c3cc(Cl)cc(F)c3C[C@H]2O)C1.CN(C)[C@@H]1CCCN([C@@H]2c3cc(Cl)cc(Br)c3C[C@H]2O)C1.CN(C)[C@@H]1CCCN([C@@H]2c3cc(Cl)cc(Cl)c3C[C@H]2O)C1.O[C@@H]1Cc2c(Br)cc(Cl)cc2[C@H]1N1CCCCC1.O[C@@H]1Cc2c(Cl)cc(Cl)cc2[C@H]1N1CCCCC1. The third-order valence-electron chi connectivity index (χ3n) is 27.6. The molecular formula is C98H130Br3Cl8FN10O10. The number of ether oxygens (including phenoxy) is 2. The van der Waals surface area contributed by atoms with Gasteiger partial charge in [-0.2, -0.15) is 0 Å². The third kappa shape index (κ3) is 26.2. The van der Waals surface area contributed by atoms with Crippen molar-refractivity contribution in [2.45, 2.75) is 278 Å². The standard InChI is InChI=1S/C19H26BrClN2O3.C19H26ClFN2O3.C16H22BrClN2O.C16H22Cl2N2O.C14H17BrClNO.C14H17Cl2NO/c1-19(2,3)26-18(25)22-12-5-4-6-23(10-12)17-14-7-11(21)8-15(20)13(14)9-16(17)24;1-19(2,3)26-18(25)22-12-5-4-6-23(10-12)17-14-7-11(20)8-15(21)13(14)9-16(17)24;1-19(2)11-4-3-5-20(9-11)16-13-6-10(18)7-14(17)12(13)8-15(16)21;1-19(2)11-4-3-5-20(9-11)16-13-6-10(17)7-14(18)12(13)8-15(16)21;15-12-7-9(16)6-11-10(12)8-13(18)14(11)17-4-2-1-3-5-17;15-9-6-11-10(12(16)7-9)8-13(18)14(11)17-4-2-1-3-5-17/h2*7-8,12,16-17,24H,4-6,9-10H2,1-3H3,(H,22,25);2*6-7,11,15-16,21H,3-5,8-9H2,1-2H3;2*6-7,13-14,18H,1-5,8H2/t2*12-,16-,17-;2*11-,15-,16-;2*13-,14-/m111111/s1. The molecular weight excluding hydrogens is 2020 g/mol. The lowest BCUT2D eigenvalue weighted by Crippen LogP contribution is -2.50. The van der Waals surface area contributed by atoms with Crippen LogP contribution in [-0.2, 0) is 48.0 Å². The largest absolute Gasteiger partial charge is 0.444 e. The van der Waals surface area contributed by atoms with Gasteiger partial charge in [0.25, 0.3) is 0 Å². The van der Waals surface area contributed by atoms with Crippen molar-refractivity contribution in [1.29, 1.82) is 0 Å². The lowest BCUT2D eigenvalue weighted by Gasteiger charge is -2.40. The minimum atomic E-state index is -0.682. The Labute approximate surface area is 833 Å². The Morgan fingerprint density at radius 3 is 0.900 bits per heavy atom. The number of nitrogens with zero attached hydrogens (tertiary/aromatic N) is 8. The summed E-state index contributed by atoms with van der Waals surface area (Å²) in [5.41, 5.74) is 11.6. The summed E-state index contributed by atoms with van der Waals surface area (Å²) in [6.45, 7) is 22.3. The molecule has 6 aromatic carbocycles. The average Bonchev–Trinajstić information content (AvgIpc) is 1.65. The van der Waals surface area contributed by atoms with Crippen LogP contribution in [0.25, 0.3) is 0 Å². The summed E-state index contributed by atoms with van der Waals surface area (Å²) < 4.78 is 27.9. The number of carbonyl (C=O) groups is 2. The van der Waals surface area contributed by atoms with E-state index in [0.717, 1.165) is 166 Å². The molecule has 20 nitrogen and oxygen atoms in total. The third-order valence-corrected chi connectivity index (χ3v) is 31.7. The first-order valence-electron chi connectivity index (χ1n) is 46.3. The number of halogens is 12. The fraction of sp³-hybridized carbons (Fsp3) is 0.612. The Kier molecular flexibility index (Phi) is 36.9. The predicted octanol–water partition coefficient (Wildman–Crippen LogP) is 20.5. The summed E-state index contributed by atoms with van der Waals surface area (Å²) in [6.07, 6.45) is 16.1. The highest BCUT2D eigenvalue weighted by Gasteiger charge is 2.46. The zero-order valence-electron chi connectivity index (χ0n) is 76.2. The smallest absolute Gasteiger partial charge is 0.407 e. The number of rotatable bonds is 10. The van der Waals surface area contributed by atoms with E-state index in [1.54, 1.807) is 18.2 Å². The second-order valence-electron chi connectivity index (χ2n) is 39.7. The van der Waals surface area contributed by atoms with Gasteiger partial charge in [-0.25, -0.2) is 14.0 Å². The quantitative estimate of drug-likeness (QED) is 0.0638. The molecule has 16 atom stereocenters. The van der Waals surface area contributed by atoms with Crippen LogP contribution in [0.5, 0.6) is 0 Å². The average molecular weight is 2150 g/mol. The van der Waals surface area contributed by atoms with Crippen molar-refractivity contribution in [1.82, 2.24) is 49.8 Å². The highest BCUT2D eigenvalue weighted by atomic mass is 79.9. The van der Waals surface area contributed by atoms with Crippen molar-refractivity contribution in [3.8, 4) is 0 Å². The van der Waals surface area contributed by atoms with E-state index in [1.165, 1.54) is 86.1 Å². The maximum atomic E-state index is 14.2. The molecule has 8 N–H and O–H groups in total. The summed E-state index contributed by atoms with van der Waals surface area (Å²) >= 11 is 60.1. The first-order chi connectivity index (χ1) is 61.5. The van der Waals surface area contributed by atoms with Crippen LogP contribution >= 0.6 is 141 Å². The maximum Gasteiger partial charge on any atom is 0.407 e. The number of fused-ring (bicyclic) bond motifs is 6. The van der Waals surface area contributed by atoms with Crippen molar-refractivity contribution in [3.63, 3.8) is 0 Å². The zero-order valence-corrected chi connectivity index (χ0v) is 87.0. The Morgan fingerprint density at radius 1 is 0.346 bits per heavy atom. The zero-order chi connectivity index (χ0) is 93.8. The molecule has 6 aliphatic carbocycles. The molecule has 12 aliphatic rings. The molecule has 0 radical (unpaired) electrons. The molecule has 6 aromatic rings. The molecule has 6 heterocycles. The molecule has 0 bridgehead atoms. The Morgan fingerprint density at radius 2 is 0.592 bits per heavy atom. The fourth-order valence-electron chi connectivity index (χ4n) is 21.8. The van der Waals surface area contributed by atoms with Gasteiger partial charge in [0.2, 0.25) is 0 Å². The lowest BCUT2D eigenvalue weighted by molar-refractivity contribution is 0.0266. The molecule has 6 fully saturated rings. The van der Waals surface area contributed by atoms with Gasteiger partial charge in [0.05, 0.1) is 72.9 Å². The maximum absolute atomic E-state index is 14.2. The van der Waals surface area contributed by atoms with Crippen LogP contribution in [0, 0.1) is 5.82 Å². The lowest BCUT2D eigenvalue weighted by atomic mass is 9.99. The van der Waals surface area contributed by atoms with Crippen LogP contribution in [-0.4, -0.2) is 261 Å². The minimum Gasteiger partial charge on any atom is -0.444 e. The summed E-state index contributed by atoms with van der Waals surface area (Å²) in [7, 11) is 8.53. The van der Waals surface area contributed by atoms with E-state index < -0.39 is 35.6 Å². The molecule has 18 rings (SSSR count). The number of likely N-dealkylation sites (N-methyl/N-ethyl adjacent to an activating group) is 2. The summed E-state index contributed by atoms with van der Waals surface area (Å²) in [5.74, 6) is -0.366. The number of likely N-dealkylation sites (tertiary alicyclic amines) is 6. The molecule has 2 amide bonds. The van der Waals surface area contributed by atoms with Crippen LogP contribution in [0.4, 0.5) is 14.0 Å².